The van der Waals surface area contributed by atoms with E-state index in [1.54, 1.807) is 12.5 Å². The molecule has 1 heterocycles. The summed E-state index contributed by atoms with van der Waals surface area (Å²) in [6.07, 6.45) is 5.22. The van der Waals surface area contributed by atoms with Gasteiger partial charge in [-0.1, -0.05) is 0 Å². The van der Waals surface area contributed by atoms with E-state index < -0.39 is 7.25 Å². The quantitative estimate of drug-likeness (QED) is 0.362. The van der Waals surface area contributed by atoms with Crippen LogP contribution in [-0.4, -0.2) is 20.1 Å². The molecule has 72 valence electrons. The molecule has 3 nitrogen and oxygen atoms in total. The second kappa shape index (κ2) is 5.32. The minimum absolute atomic E-state index is 0.472. The molecular weight excluding hydrogens is 189 g/mol. The number of halogens is 4. The summed E-state index contributed by atoms with van der Waals surface area (Å²) < 4.78 is 39.0. The lowest BCUT2D eigenvalue weighted by molar-refractivity contribution is -0.726. The van der Waals surface area contributed by atoms with Crippen molar-refractivity contribution in [2.45, 2.75) is 0 Å². The molecule has 1 rings (SSSR count). The molecule has 0 saturated heterocycles. The third kappa shape index (κ3) is 10.6. The minimum Gasteiger partial charge on any atom is -0.418 e. The topological polar surface area (TPSA) is 40.6 Å². The first kappa shape index (κ1) is 11.6. The molecular formula is C5H6BF4N3. The van der Waals surface area contributed by atoms with Crippen LogP contribution in [0.2, 0.25) is 0 Å². The van der Waals surface area contributed by atoms with E-state index in [1.165, 1.54) is 0 Å². The minimum atomic E-state index is -6.00. The van der Waals surface area contributed by atoms with E-state index in [0.717, 1.165) is 4.90 Å². The van der Waals surface area contributed by atoms with Crippen molar-refractivity contribution < 1.29 is 22.2 Å². The second-order valence-electron chi connectivity index (χ2n) is 2.00. The molecule has 1 atom stereocenters. The Bertz CT molecular complexity index is 223. The third-order valence-electron chi connectivity index (χ3n) is 0.898. The van der Waals surface area contributed by atoms with Gasteiger partial charge in [-0.05, 0) is 0 Å². The van der Waals surface area contributed by atoms with Crippen LogP contribution in [-0.2, 0) is 0 Å². The lowest BCUT2D eigenvalue weighted by Crippen LogP contribution is -3.05. The van der Waals surface area contributed by atoms with Gasteiger partial charge in [-0.25, -0.2) is 4.99 Å². The highest BCUT2D eigenvalue weighted by atomic mass is 19.5. The largest absolute Gasteiger partial charge is 0.673 e. The van der Waals surface area contributed by atoms with Gasteiger partial charge in [0.2, 0.25) is 0 Å². The first-order valence-electron chi connectivity index (χ1n) is 3.23. The first-order chi connectivity index (χ1) is 5.93. The molecule has 1 unspecified atom stereocenters. The van der Waals surface area contributed by atoms with Gasteiger partial charge in [0.05, 0.1) is 6.20 Å². The fourth-order valence-electron chi connectivity index (χ4n) is 0.516. The summed E-state index contributed by atoms with van der Waals surface area (Å²) in [4.78, 5) is 4.78. The molecule has 0 fully saturated rings. The Morgan fingerprint density at radius 1 is 1.38 bits per heavy atom. The van der Waals surface area contributed by atoms with Crippen LogP contribution in [0.15, 0.2) is 17.4 Å². The molecule has 0 radical (unpaired) electrons. The van der Waals surface area contributed by atoms with Gasteiger partial charge in [0, 0.05) is 0 Å². The van der Waals surface area contributed by atoms with Crippen molar-refractivity contribution in [3.63, 3.8) is 0 Å². The van der Waals surface area contributed by atoms with E-state index in [0.29, 0.717) is 6.54 Å². The van der Waals surface area contributed by atoms with Crippen LogP contribution in [0.25, 0.3) is 0 Å². The van der Waals surface area contributed by atoms with Gasteiger partial charge in [0.25, 0.3) is 0 Å². The number of nitrogens with one attached hydrogen (secondary N) is 1. The number of nitrogens with zero attached hydrogens (tertiary/aromatic N) is 2. The fraction of sp³-hybridized carbons (Fsp3) is 0.200. The molecule has 8 heteroatoms. The van der Waals surface area contributed by atoms with Crippen LogP contribution in [0.5, 0.6) is 0 Å². The summed E-state index contributed by atoms with van der Waals surface area (Å²) in [6.45, 7) is 0.472. The average Bonchev–Trinajstić information content (AvgIpc) is 2.36. The number of nitriles is 1. The molecule has 0 aromatic rings. The van der Waals surface area contributed by atoms with Crippen LogP contribution in [0, 0.1) is 11.3 Å². The Labute approximate surface area is 72.1 Å². The van der Waals surface area contributed by atoms with Crippen LogP contribution in [0.1, 0.15) is 0 Å². The number of quaternary nitrogens is 1. The summed E-state index contributed by atoms with van der Waals surface area (Å²) in [5.41, 5.74) is 0. The molecule has 0 aromatic carbocycles. The number of hydrogen-bond acceptors (Lipinski definition) is 2. The average molecular weight is 195 g/mol. The molecule has 0 aromatic heterocycles. The lowest BCUT2D eigenvalue weighted by Gasteiger charge is -1.94. The van der Waals surface area contributed by atoms with Crippen LogP contribution >= 0.6 is 0 Å². The highest BCUT2D eigenvalue weighted by molar-refractivity contribution is 6.50. The molecule has 0 amide bonds. The molecule has 13 heavy (non-hydrogen) atoms. The van der Waals surface area contributed by atoms with Gasteiger partial charge in [0.1, 0.15) is 12.3 Å². The molecule has 0 spiro atoms. The van der Waals surface area contributed by atoms with Crippen LogP contribution in [0.4, 0.5) is 17.3 Å². The van der Waals surface area contributed by atoms with Crippen LogP contribution < -0.4 is 4.90 Å². The third-order valence-corrected chi connectivity index (χ3v) is 0.898. The van der Waals surface area contributed by atoms with Gasteiger partial charge in [-0.15, -0.1) is 0 Å². The highest BCUT2D eigenvalue weighted by Crippen LogP contribution is 2.06. The second-order valence-corrected chi connectivity index (χ2v) is 2.00. The Balaban J connectivity index is 0.000000252. The Kier molecular flexibility index (Phi) is 4.76. The summed E-state index contributed by atoms with van der Waals surface area (Å²) in [6, 6.07) is 2.03. The Morgan fingerprint density at radius 3 is 2.23 bits per heavy atom. The molecule has 0 saturated carbocycles. The maximum atomic E-state index is 9.75. The normalized spacial score (nSPS) is 19.2. The zero-order valence-electron chi connectivity index (χ0n) is 6.42. The van der Waals surface area contributed by atoms with Gasteiger partial charge in [0.15, 0.2) is 12.9 Å². The van der Waals surface area contributed by atoms with E-state index in [-0.39, 0.29) is 0 Å². The van der Waals surface area contributed by atoms with Gasteiger partial charge >= 0.3 is 7.25 Å². The van der Waals surface area contributed by atoms with Crippen molar-refractivity contribution in [2.24, 2.45) is 4.99 Å². The zero-order chi connectivity index (χ0) is 10.3. The number of hydrogen-bond donors (Lipinski definition) is 1. The molecule has 1 aliphatic rings. The number of aliphatic imine (C=N–C) groups is 1. The van der Waals surface area contributed by atoms with Gasteiger partial charge in [-0.3, -0.25) is 4.90 Å². The summed E-state index contributed by atoms with van der Waals surface area (Å²) in [5.74, 6) is 0. The van der Waals surface area contributed by atoms with Crippen molar-refractivity contribution in [2.75, 3.05) is 6.54 Å². The molecule has 1 aliphatic heterocycles. The summed E-state index contributed by atoms with van der Waals surface area (Å²) >= 11 is 0. The fourth-order valence-corrected chi connectivity index (χ4v) is 0.516. The molecule has 0 aliphatic carbocycles. The summed E-state index contributed by atoms with van der Waals surface area (Å²) in [7, 11) is -6.00. The standard InChI is InChI=1S/C5H5N3.BF4/c6-1-3-8-4-2-7-5-8;2-1(3,4)5/h2,4-5H,3H2;/q;-1/p+1. The van der Waals surface area contributed by atoms with E-state index in [4.69, 9.17) is 5.26 Å². The predicted molar refractivity (Wildman–Crippen MR) is 39.3 cm³/mol. The predicted octanol–water partition coefficient (Wildman–Crippen LogP) is 0.208. The molecule has 1 N–H and O–H groups in total. The van der Waals surface area contributed by atoms with Crippen molar-refractivity contribution >= 4 is 13.6 Å². The molecule has 0 bridgehead atoms. The van der Waals surface area contributed by atoms with E-state index in [2.05, 4.69) is 4.99 Å². The zero-order valence-corrected chi connectivity index (χ0v) is 6.42. The van der Waals surface area contributed by atoms with Gasteiger partial charge < -0.3 is 17.3 Å². The summed E-state index contributed by atoms with van der Waals surface area (Å²) in [5, 5.41) is 8.16. The van der Waals surface area contributed by atoms with Gasteiger partial charge in [-0.2, -0.15) is 5.26 Å². The van der Waals surface area contributed by atoms with E-state index in [9.17, 15) is 17.3 Å². The van der Waals surface area contributed by atoms with E-state index in [1.807, 2.05) is 12.3 Å². The number of rotatable bonds is 1. The van der Waals surface area contributed by atoms with Crippen molar-refractivity contribution in [1.29, 1.82) is 5.26 Å². The SMILES string of the molecule is F[B-](F)(F)F.N#CC[NH+]1C=CN=C1. The Morgan fingerprint density at radius 2 is 1.92 bits per heavy atom. The van der Waals surface area contributed by atoms with E-state index >= 15 is 0 Å². The van der Waals surface area contributed by atoms with Crippen molar-refractivity contribution in [3.05, 3.63) is 12.4 Å². The van der Waals surface area contributed by atoms with Crippen molar-refractivity contribution in [3.8, 4) is 6.07 Å². The maximum absolute atomic E-state index is 9.75. The lowest BCUT2D eigenvalue weighted by atomic mass is 10.3. The van der Waals surface area contributed by atoms with Crippen molar-refractivity contribution in [1.82, 2.24) is 0 Å². The monoisotopic (exact) mass is 195 g/mol. The Hall–Kier alpha value is -1.36. The highest BCUT2D eigenvalue weighted by Gasteiger charge is 2.20. The smallest absolute Gasteiger partial charge is 0.418 e. The first-order valence-corrected chi connectivity index (χ1v) is 3.23. The maximum Gasteiger partial charge on any atom is 0.673 e. The van der Waals surface area contributed by atoms with Crippen LogP contribution in [0.3, 0.4) is 0 Å².